The van der Waals surface area contributed by atoms with Gasteiger partial charge in [-0.3, -0.25) is 0 Å². The van der Waals surface area contributed by atoms with Crippen LogP contribution in [0.15, 0.2) is 212 Å². The fraction of sp³-hybridized carbons (Fsp3) is 0.0526. The number of hydrogen-bond donors (Lipinski definition) is 0. The van der Waals surface area contributed by atoms with Gasteiger partial charge in [0, 0.05) is 42.5 Å². The zero-order chi connectivity index (χ0) is 40.0. The topological polar surface area (TPSA) is 3.24 Å². The monoisotopic (exact) mass is 799 g/mol. The van der Waals surface area contributed by atoms with E-state index in [0.717, 1.165) is 11.4 Å². The Hall–Kier alpha value is -6.78. The Morgan fingerprint density at radius 3 is 1.73 bits per heavy atom. The van der Waals surface area contributed by atoms with E-state index in [9.17, 15) is 0 Å². The molecule has 9 aromatic carbocycles. The van der Waals surface area contributed by atoms with E-state index in [1.807, 2.05) is 11.3 Å². The molecule has 0 unspecified atom stereocenters. The molecule has 0 fully saturated rings. The minimum absolute atomic E-state index is 0.144. The Morgan fingerprint density at radius 2 is 0.967 bits per heavy atom. The van der Waals surface area contributed by atoms with Gasteiger partial charge in [0.25, 0.3) is 0 Å². The van der Waals surface area contributed by atoms with Crippen LogP contribution in [-0.2, 0) is 5.41 Å². The quantitative estimate of drug-likeness (QED) is 0.151. The van der Waals surface area contributed by atoms with Crippen LogP contribution in [-0.4, -0.2) is 8.07 Å². The molecule has 60 heavy (non-hydrogen) atoms. The van der Waals surface area contributed by atoms with Crippen LogP contribution < -0.4 is 25.6 Å². The van der Waals surface area contributed by atoms with Crippen molar-refractivity contribution >= 4 is 77.4 Å². The molecule has 1 aliphatic heterocycles. The Morgan fingerprint density at radius 1 is 0.400 bits per heavy atom. The van der Waals surface area contributed by atoms with Crippen molar-refractivity contribution in [2.45, 2.75) is 19.3 Å². The van der Waals surface area contributed by atoms with Crippen LogP contribution in [0.4, 0.5) is 17.1 Å². The second-order valence-electron chi connectivity index (χ2n) is 16.8. The van der Waals surface area contributed by atoms with Crippen LogP contribution in [0.3, 0.4) is 0 Å². The summed E-state index contributed by atoms with van der Waals surface area (Å²) in [5, 5.41) is 8.29. The number of anilines is 3. The van der Waals surface area contributed by atoms with Crippen LogP contribution in [0.1, 0.15) is 25.0 Å². The standard InChI is InChI=1S/C57H41NSSi/c1-57(2)50-25-13-9-21-44(50)45-32-29-39(35-51(45)57)58(40-30-33-47-46-22-10-14-26-53(46)59-54(47)36-40)52-37-42(31-34-43(52)38-17-5-3-6-18-38)60(41-19-7-4-8-20-41)55-27-15-11-23-48(55)49-24-12-16-28-56(49)60/h3-37H,1-2H3. The van der Waals surface area contributed by atoms with Crippen molar-refractivity contribution in [1.29, 1.82) is 0 Å². The van der Waals surface area contributed by atoms with Crippen LogP contribution in [0.5, 0.6) is 0 Å². The van der Waals surface area contributed by atoms with E-state index in [2.05, 4.69) is 231 Å². The summed E-state index contributed by atoms with van der Waals surface area (Å²) in [6.07, 6.45) is 0. The maximum Gasteiger partial charge on any atom is 0.180 e. The van der Waals surface area contributed by atoms with Crippen LogP contribution in [0.25, 0.3) is 53.6 Å². The van der Waals surface area contributed by atoms with Gasteiger partial charge in [-0.25, -0.2) is 0 Å². The van der Waals surface area contributed by atoms with Gasteiger partial charge in [-0.15, -0.1) is 11.3 Å². The average Bonchev–Trinajstić information content (AvgIpc) is 3.91. The van der Waals surface area contributed by atoms with Gasteiger partial charge in [0.2, 0.25) is 0 Å². The largest absolute Gasteiger partial charge is 0.310 e. The van der Waals surface area contributed by atoms with Gasteiger partial charge in [-0.05, 0) is 96.1 Å². The van der Waals surface area contributed by atoms with Gasteiger partial charge in [-0.1, -0.05) is 190 Å². The molecule has 284 valence electrons. The molecule has 0 bridgehead atoms. The van der Waals surface area contributed by atoms with Crippen LogP contribution in [0.2, 0.25) is 0 Å². The Kier molecular flexibility index (Phi) is 7.84. The molecule has 2 heterocycles. The summed E-state index contributed by atoms with van der Waals surface area (Å²) in [4.78, 5) is 2.56. The molecule has 0 atom stereocenters. The number of hydrogen-bond acceptors (Lipinski definition) is 2. The number of benzene rings is 9. The van der Waals surface area contributed by atoms with Gasteiger partial charge in [0.15, 0.2) is 8.07 Å². The normalized spacial score (nSPS) is 14.1. The molecule has 0 saturated carbocycles. The molecule has 3 heteroatoms. The fourth-order valence-corrected chi connectivity index (χ4v) is 17.0. The first-order valence-electron chi connectivity index (χ1n) is 20.9. The number of rotatable bonds is 6. The van der Waals surface area contributed by atoms with E-state index in [1.165, 1.54) is 91.1 Å². The number of fused-ring (bicyclic) bond motifs is 9. The summed E-state index contributed by atoms with van der Waals surface area (Å²) in [7, 11) is -2.80. The summed E-state index contributed by atoms with van der Waals surface area (Å²) in [5.74, 6) is 0. The summed E-state index contributed by atoms with van der Waals surface area (Å²) in [6, 6.07) is 80.3. The van der Waals surface area contributed by atoms with Gasteiger partial charge >= 0.3 is 0 Å². The van der Waals surface area contributed by atoms with Gasteiger partial charge in [0.05, 0.1) is 5.69 Å². The lowest BCUT2D eigenvalue weighted by molar-refractivity contribution is 0.660. The molecular formula is C57H41NSSi. The maximum absolute atomic E-state index is 2.80. The molecule has 0 radical (unpaired) electrons. The van der Waals surface area contributed by atoms with E-state index in [-0.39, 0.29) is 5.41 Å². The number of nitrogens with zero attached hydrogens (tertiary/aromatic N) is 1. The first-order valence-corrected chi connectivity index (χ1v) is 23.7. The first-order chi connectivity index (χ1) is 29.5. The van der Waals surface area contributed by atoms with Crippen molar-refractivity contribution in [2.24, 2.45) is 0 Å². The molecule has 2 aliphatic rings. The lowest BCUT2D eigenvalue weighted by Gasteiger charge is -2.34. The molecular weight excluding hydrogens is 759 g/mol. The molecule has 0 amide bonds. The Balaban J connectivity index is 1.18. The molecule has 1 aliphatic carbocycles. The lowest BCUT2D eigenvalue weighted by atomic mass is 9.82. The van der Waals surface area contributed by atoms with E-state index < -0.39 is 8.07 Å². The number of thiophene rings is 1. The SMILES string of the molecule is CC1(C)c2ccccc2-c2ccc(N(c3ccc4c(c3)sc3ccccc34)c3cc([Si]4(c5ccccc5)c5ccccc5-c5ccccc54)ccc3-c3ccccc3)cc21. The predicted molar refractivity (Wildman–Crippen MR) is 260 cm³/mol. The van der Waals surface area contributed by atoms with Crippen molar-refractivity contribution in [1.82, 2.24) is 0 Å². The molecule has 1 aromatic heterocycles. The van der Waals surface area contributed by atoms with Crippen molar-refractivity contribution in [2.75, 3.05) is 4.90 Å². The van der Waals surface area contributed by atoms with Crippen molar-refractivity contribution < 1.29 is 0 Å². The maximum atomic E-state index is 2.57. The summed E-state index contributed by atoms with van der Waals surface area (Å²) in [6.45, 7) is 4.77. The molecule has 0 saturated heterocycles. The van der Waals surface area contributed by atoms with E-state index >= 15 is 0 Å². The van der Waals surface area contributed by atoms with E-state index in [4.69, 9.17) is 0 Å². The summed E-state index contributed by atoms with van der Waals surface area (Å²) in [5.41, 5.74) is 13.9. The predicted octanol–water partition coefficient (Wildman–Crippen LogP) is 12.9. The first kappa shape index (κ1) is 35.2. The molecule has 12 rings (SSSR count). The highest BCUT2D eigenvalue weighted by atomic mass is 32.1. The zero-order valence-corrected chi connectivity index (χ0v) is 35.4. The van der Waals surface area contributed by atoms with E-state index in [1.54, 1.807) is 0 Å². The van der Waals surface area contributed by atoms with Crippen LogP contribution in [0, 0.1) is 0 Å². The third-order valence-corrected chi connectivity index (χ3v) is 19.4. The molecule has 1 nitrogen and oxygen atoms in total. The third kappa shape index (κ3) is 5.03. The van der Waals surface area contributed by atoms with Crippen LogP contribution >= 0.6 is 11.3 Å². The van der Waals surface area contributed by atoms with Crippen molar-refractivity contribution in [3.05, 3.63) is 223 Å². The lowest BCUT2D eigenvalue weighted by Crippen LogP contribution is -2.72. The van der Waals surface area contributed by atoms with Gasteiger partial charge in [-0.2, -0.15) is 0 Å². The highest BCUT2D eigenvalue weighted by Gasteiger charge is 2.49. The Bertz CT molecular complexity index is 3260. The fourth-order valence-electron chi connectivity index (χ4n) is 10.6. The van der Waals surface area contributed by atoms with Gasteiger partial charge in [0.1, 0.15) is 0 Å². The minimum atomic E-state index is -2.80. The average molecular weight is 800 g/mol. The third-order valence-electron chi connectivity index (χ3n) is 13.4. The Labute approximate surface area is 356 Å². The summed E-state index contributed by atoms with van der Waals surface area (Å²) < 4.78 is 2.60. The van der Waals surface area contributed by atoms with Gasteiger partial charge < -0.3 is 4.90 Å². The zero-order valence-electron chi connectivity index (χ0n) is 33.6. The highest BCUT2D eigenvalue weighted by Crippen LogP contribution is 2.51. The molecule has 10 aromatic rings. The molecule has 0 N–H and O–H groups in total. The summed E-state index contributed by atoms with van der Waals surface area (Å²) >= 11 is 1.88. The minimum Gasteiger partial charge on any atom is -0.310 e. The highest BCUT2D eigenvalue weighted by molar-refractivity contribution is 7.26. The smallest absolute Gasteiger partial charge is 0.180 e. The van der Waals surface area contributed by atoms with Crippen molar-refractivity contribution in [3.63, 3.8) is 0 Å². The van der Waals surface area contributed by atoms with Crippen molar-refractivity contribution in [3.8, 4) is 33.4 Å². The van der Waals surface area contributed by atoms with E-state index in [0.29, 0.717) is 0 Å². The second kappa shape index (κ2) is 13.4. The second-order valence-corrected chi connectivity index (χ2v) is 21.6. The molecule has 0 spiro atoms.